The lowest BCUT2D eigenvalue weighted by molar-refractivity contribution is 0.247. The number of nitriles is 1. The van der Waals surface area contributed by atoms with Gasteiger partial charge in [0.1, 0.15) is 23.3 Å². The average molecular weight is 354 g/mol. The fourth-order valence-electron chi connectivity index (χ4n) is 3.16. The standard InChI is InChI=1S/C14H10Cl2FN5O/c15-11-9(17)10-8-12(21-14(16)19-10)22-2-1-6(4-18)3-7(22)5-23-13(8)20-11/h6-7H,1-3,5H2/t6-,7-/m0/s1. The number of piperidine rings is 1. The molecule has 2 aliphatic rings. The summed E-state index contributed by atoms with van der Waals surface area (Å²) < 4.78 is 20.0. The highest BCUT2D eigenvalue weighted by molar-refractivity contribution is 6.31. The van der Waals surface area contributed by atoms with Crippen LogP contribution in [0.1, 0.15) is 12.8 Å². The van der Waals surface area contributed by atoms with E-state index in [9.17, 15) is 4.39 Å². The van der Waals surface area contributed by atoms with E-state index in [0.717, 1.165) is 0 Å². The zero-order chi connectivity index (χ0) is 16.1. The van der Waals surface area contributed by atoms with Gasteiger partial charge in [0.15, 0.2) is 11.0 Å². The van der Waals surface area contributed by atoms with Gasteiger partial charge in [-0.2, -0.15) is 15.2 Å². The van der Waals surface area contributed by atoms with Crippen LogP contribution in [0.3, 0.4) is 0 Å². The molecule has 23 heavy (non-hydrogen) atoms. The van der Waals surface area contributed by atoms with Gasteiger partial charge in [0.25, 0.3) is 0 Å². The van der Waals surface area contributed by atoms with Gasteiger partial charge in [-0.25, -0.2) is 9.37 Å². The topological polar surface area (TPSA) is 74.9 Å². The first-order valence-corrected chi connectivity index (χ1v) is 7.85. The molecule has 1 saturated heterocycles. The van der Waals surface area contributed by atoms with E-state index in [2.05, 4.69) is 21.0 Å². The van der Waals surface area contributed by atoms with Crippen molar-refractivity contribution in [3.8, 4) is 11.9 Å². The molecule has 9 heteroatoms. The zero-order valence-electron chi connectivity index (χ0n) is 11.8. The maximum atomic E-state index is 14.3. The lowest BCUT2D eigenvalue weighted by Crippen LogP contribution is -2.45. The molecular weight excluding hydrogens is 344 g/mol. The van der Waals surface area contributed by atoms with Gasteiger partial charge in [0.2, 0.25) is 11.2 Å². The van der Waals surface area contributed by atoms with Crippen LogP contribution in [0.5, 0.6) is 5.88 Å². The summed E-state index contributed by atoms with van der Waals surface area (Å²) in [5.74, 6) is -0.106. The Kier molecular flexibility index (Phi) is 3.39. The maximum absolute atomic E-state index is 14.3. The van der Waals surface area contributed by atoms with E-state index in [4.69, 9.17) is 33.2 Å². The van der Waals surface area contributed by atoms with E-state index in [1.54, 1.807) is 0 Å². The van der Waals surface area contributed by atoms with Gasteiger partial charge in [0.05, 0.1) is 18.0 Å². The summed E-state index contributed by atoms with van der Waals surface area (Å²) in [5.41, 5.74) is -0.00180. The van der Waals surface area contributed by atoms with Gasteiger partial charge in [-0.1, -0.05) is 11.6 Å². The zero-order valence-corrected chi connectivity index (χ0v) is 13.3. The Hall–Kier alpha value is -1.91. The molecule has 1 fully saturated rings. The first kappa shape index (κ1) is 14.7. The molecule has 0 spiro atoms. The predicted octanol–water partition coefficient (Wildman–Crippen LogP) is 2.97. The molecule has 2 aromatic rings. The van der Waals surface area contributed by atoms with Crippen LogP contribution in [0.25, 0.3) is 10.9 Å². The number of hydrogen-bond acceptors (Lipinski definition) is 6. The predicted molar refractivity (Wildman–Crippen MR) is 82.3 cm³/mol. The Morgan fingerprint density at radius 1 is 1.30 bits per heavy atom. The van der Waals surface area contributed by atoms with Gasteiger partial charge in [-0.3, -0.25) is 0 Å². The maximum Gasteiger partial charge on any atom is 0.228 e. The molecule has 0 N–H and O–H groups in total. The summed E-state index contributed by atoms with van der Waals surface area (Å²) in [7, 11) is 0. The number of pyridine rings is 1. The third-order valence-corrected chi connectivity index (χ3v) is 4.67. The van der Waals surface area contributed by atoms with Crippen LogP contribution < -0.4 is 9.64 Å². The number of anilines is 1. The summed E-state index contributed by atoms with van der Waals surface area (Å²) in [6.07, 6.45) is 1.35. The minimum Gasteiger partial charge on any atom is -0.475 e. The van der Waals surface area contributed by atoms with Crippen molar-refractivity contribution in [3.63, 3.8) is 0 Å². The number of halogens is 3. The summed E-state index contributed by atoms with van der Waals surface area (Å²) in [6, 6.07) is 2.24. The fourth-order valence-corrected chi connectivity index (χ4v) is 3.49. The van der Waals surface area contributed by atoms with Crippen LogP contribution in [0.15, 0.2) is 0 Å². The van der Waals surface area contributed by atoms with Crippen molar-refractivity contribution >= 4 is 39.9 Å². The van der Waals surface area contributed by atoms with Gasteiger partial charge in [-0.05, 0) is 24.4 Å². The summed E-state index contributed by atoms with van der Waals surface area (Å²) in [5, 5.41) is 9.15. The molecule has 2 aromatic heterocycles. The van der Waals surface area contributed by atoms with E-state index >= 15 is 0 Å². The molecule has 2 aliphatic heterocycles. The van der Waals surface area contributed by atoms with Crippen molar-refractivity contribution in [2.75, 3.05) is 18.1 Å². The van der Waals surface area contributed by atoms with Crippen molar-refractivity contribution in [2.45, 2.75) is 18.9 Å². The molecular formula is C14H10Cl2FN5O. The first-order valence-electron chi connectivity index (χ1n) is 7.09. The molecule has 4 heterocycles. The van der Waals surface area contributed by atoms with Gasteiger partial charge in [-0.15, -0.1) is 0 Å². The van der Waals surface area contributed by atoms with Gasteiger partial charge in [0, 0.05) is 6.54 Å². The SMILES string of the molecule is N#C[C@H]1CCN2c3nc(Cl)nc4c(F)c(Cl)nc(c34)OC[C@@H]2C1. The van der Waals surface area contributed by atoms with Crippen molar-refractivity contribution in [1.82, 2.24) is 15.0 Å². The second-order valence-corrected chi connectivity index (χ2v) is 6.27. The molecule has 0 aromatic carbocycles. The Morgan fingerprint density at radius 3 is 2.91 bits per heavy atom. The van der Waals surface area contributed by atoms with Crippen molar-refractivity contribution in [3.05, 3.63) is 16.3 Å². The number of fused-ring (bicyclic) bond motifs is 2. The monoisotopic (exact) mass is 353 g/mol. The summed E-state index contributed by atoms with van der Waals surface area (Å²) in [4.78, 5) is 14.2. The minimum absolute atomic E-state index is 0.00180. The smallest absolute Gasteiger partial charge is 0.228 e. The Morgan fingerprint density at radius 2 is 2.13 bits per heavy atom. The molecule has 0 aliphatic carbocycles. The van der Waals surface area contributed by atoms with Crippen LogP contribution in [0.4, 0.5) is 10.2 Å². The van der Waals surface area contributed by atoms with Crippen molar-refractivity contribution < 1.29 is 9.13 Å². The van der Waals surface area contributed by atoms with E-state index in [-0.39, 0.29) is 33.8 Å². The minimum atomic E-state index is -0.745. The van der Waals surface area contributed by atoms with E-state index in [0.29, 0.717) is 37.2 Å². The largest absolute Gasteiger partial charge is 0.475 e. The molecule has 0 bridgehead atoms. The molecule has 0 amide bonds. The molecule has 6 nitrogen and oxygen atoms in total. The average Bonchev–Trinajstić information content (AvgIpc) is 2.70. The fraction of sp³-hybridized carbons (Fsp3) is 0.429. The lowest BCUT2D eigenvalue weighted by atomic mass is 9.92. The Bertz CT molecular complexity index is 855. The van der Waals surface area contributed by atoms with Gasteiger partial charge < -0.3 is 9.64 Å². The summed E-state index contributed by atoms with van der Waals surface area (Å²) >= 11 is 11.8. The van der Waals surface area contributed by atoms with E-state index in [1.807, 2.05) is 4.90 Å². The molecule has 2 atom stereocenters. The molecule has 4 rings (SSSR count). The third-order valence-electron chi connectivity index (χ3n) is 4.25. The van der Waals surface area contributed by atoms with Crippen LogP contribution in [-0.4, -0.2) is 34.1 Å². The Labute approximate surface area is 140 Å². The highest BCUT2D eigenvalue weighted by atomic mass is 35.5. The first-order chi connectivity index (χ1) is 11.1. The summed E-state index contributed by atoms with van der Waals surface area (Å²) in [6.45, 7) is 0.925. The van der Waals surface area contributed by atoms with Crippen molar-refractivity contribution in [1.29, 1.82) is 5.26 Å². The second-order valence-electron chi connectivity index (χ2n) is 5.57. The van der Waals surface area contributed by atoms with Crippen LogP contribution in [-0.2, 0) is 0 Å². The van der Waals surface area contributed by atoms with Crippen LogP contribution in [0, 0.1) is 23.1 Å². The van der Waals surface area contributed by atoms with Gasteiger partial charge >= 0.3 is 0 Å². The normalized spacial score (nSPS) is 23.0. The number of nitrogens with zero attached hydrogens (tertiary/aromatic N) is 5. The lowest BCUT2D eigenvalue weighted by Gasteiger charge is -2.36. The van der Waals surface area contributed by atoms with E-state index < -0.39 is 5.82 Å². The molecule has 0 radical (unpaired) electrons. The number of hydrogen-bond donors (Lipinski definition) is 0. The molecule has 0 saturated carbocycles. The number of rotatable bonds is 0. The van der Waals surface area contributed by atoms with Crippen molar-refractivity contribution in [2.24, 2.45) is 5.92 Å². The van der Waals surface area contributed by atoms with E-state index in [1.165, 1.54) is 0 Å². The quantitative estimate of drug-likeness (QED) is 0.535. The van der Waals surface area contributed by atoms with Crippen LogP contribution >= 0.6 is 23.2 Å². The number of ether oxygens (including phenoxy) is 1. The molecule has 0 unspecified atom stereocenters. The second kappa shape index (κ2) is 5.32. The highest BCUT2D eigenvalue weighted by Gasteiger charge is 2.35. The highest BCUT2D eigenvalue weighted by Crippen LogP contribution is 2.40. The Balaban J connectivity index is 1.95. The molecule has 118 valence electrons. The number of aromatic nitrogens is 3. The third kappa shape index (κ3) is 2.25. The van der Waals surface area contributed by atoms with Crippen LogP contribution in [0.2, 0.25) is 10.4 Å².